The molecule has 0 aromatic heterocycles. The molecule has 0 saturated heterocycles. The zero-order chi connectivity index (χ0) is 33.1. The first kappa shape index (κ1) is 35.9. The van der Waals surface area contributed by atoms with Crippen LogP contribution in [0.2, 0.25) is 0 Å². The summed E-state index contributed by atoms with van der Waals surface area (Å²) in [7, 11) is 0. The zero-order valence-electron chi connectivity index (χ0n) is 30.1. The number of phenolic OH excluding ortho intramolecular Hbond substituents is 2. The first-order chi connectivity index (χ1) is 20.4. The third-order valence-electron chi connectivity index (χ3n) is 11.3. The van der Waals surface area contributed by atoms with Gasteiger partial charge in [-0.15, -0.1) is 0 Å². The molecular weight excluding hydrogens is 540 g/mol. The van der Waals surface area contributed by atoms with E-state index in [0.29, 0.717) is 11.5 Å². The van der Waals surface area contributed by atoms with E-state index in [4.69, 9.17) is 9.98 Å². The van der Waals surface area contributed by atoms with Crippen LogP contribution in [0.5, 0.6) is 11.5 Å². The Balaban J connectivity index is 2.04. The fraction of sp³-hybridized carbons (Fsp3) is 0.650. The van der Waals surface area contributed by atoms with Gasteiger partial charge in [-0.2, -0.15) is 0 Å². The van der Waals surface area contributed by atoms with Crippen molar-refractivity contribution in [3.05, 3.63) is 57.6 Å². The molecule has 0 aliphatic heterocycles. The number of aliphatic imine (C=N–C) groups is 2. The summed E-state index contributed by atoms with van der Waals surface area (Å²) in [6.45, 7) is 26.7. The molecule has 0 radical (unpaired) electrons. The lowest BCUT2D eigenvalue weighted by molar-refractivity contribution is 0.389. The molecule has 0 unspecified atom stereocenters. The molecule has 2 atom stereocenters. The van der Waals surface area contributed by atoms with Crippen LogP contribution in [-0.2, 0) is 21.7 Å². The van der Waals surface area contributed by atoms with Crippen molar-refractivity contribution >= 4 is 12.4 Å². The fourth-order valence-electron chi connectivity index (χ4n) is 5.90. The average Bonchev–Trinajstić information content (AvgIpc) is 2.99. The quantitative estimate of drug-likeness (QED) is 0.237. The van der Waals surface area contributed by atoms with Gasteiger partial charge in [0.15, 0.2) is 0 Å². The molecule has 2 N–H and O–H groups in total. The average molecular weight is 603 g/mol. The second kappa shape index (κ2) is 13.8. The third kappa shape index (κ3) is 7.77. The molecule has 1 aliphatic rings. The van der Waals surface area contributed by atoms with E-state index in [1.54, 1.807) is 0 Å². The molecule has 0 heterocycles. The maximum atomic E-state index is 11.5. The fourth-order valence-corrected chi connectivity index (χ4v) is 5.90. The molecule has 0 bridgehead atoms. The van der Waals surface area contributed by atoms with Crippen molar-refractivity contribution in [2.24, 2.45) is 9.98 Å². The molecule has 0 spiro atoms. The van der Waals surface area contributed by atoms with Crippen LogP contribution in [0.3, 0.4) is 0 Å². The first-order valence-electron chi connectivity index (χ1n) is 17.3. The Morgan fingerprint density at radius 1 is 0.568 bits per heavy atom. The second-order valence-electron chi connectivity index (χ2n) is 15.8. The van der Waals surface area contributed by atoms with E-state index in [9.17, 15) is 10.2 Å². The number of benzene rings is 2. The minimum Gasteiger partial charge on any atom is -0.507 e. The maximum absolute atomic E-state index is 11.5. The molecule has 1 saturated carbocycles. The summed E-state index contributed by atoms with van der Waals surface area (Å²) in [5.41, 5.74) is 5.79. The molecule has 44 heavy (non-hydrogen) atoms. The highest BCUT2D eigenvalue weighted by molar-refractivity contribution is 5.86. The number of hydrogen-bond acceptors (Lipinski definition) is 4. The van der Waals surface area contributed by atoms with E-state index in [1.807, 2.05) is 12.4 Å². The summed E-state index contributed by atoms with van der Waals surface area (Å²) in [5, 5.41) is 22.9. The SMILES string of the molecule is CCC(C)(C)c1cc(C=N[C@@H]2CCCC[C@H]2N=Cc2cc(C(C)(C)CC)cc(C(C)(C)CC)c2O)c(O)c(C(C)(C)CC)c1. The highest BCUT2D eigenvalue weighted by atomic mass is 16.3. The van der Waals surface area contributed by atoms with Gasteiger partial charge in [0.1, 0.15) is 11.5 Å². The number of nitrogens with zero attached hydrogens (tertiary/aromatic N) is 2. The third-order valence-corrected chi connectivity index (χ3v) is 11.3. The van der Waals surface area contributed by atoms with Gasteiger partial charge in [0, 0.05) is 34.7 Å². The summed E-state index contributed by atoms with van der Waals surface area (Å²) >= 11 is 0. The molecule has 0 amide bonds. The highest BCUT2D eigenvalue weighted by Gasteiger charge is 2.30. The van der Waals surface area contributed by atoms with E-state index in [0.717, 1.165) is 73.6 Å². The Hall–Kier alpha value is -2.62. The monoisotopic (exact) mass is 602 g/mol. The van der Waals surface area contributed by atoms with Gasteiger partial charge in [0.05, 0.1) is 12.1 Å². The summed E-state index contributed by atoms with van der Waals surface area (Å²) in [6, 6.07) is 8.76. The minimum absolute atomic E-state index is 0.000599. The van der Waals surface area contributed by atoms with Gasteiger partial charge in [-0.05, 0) is 83.4 Å². The maximum Gasteiger partial charge on any atom is 0.128 e. The molecule has 2 aromatic carbocycles. The van der Waals surface area contributed by atoms with Gasteiger partial charge < -0.3 is 10.2 Å². The van der Waals surface area contributed by atoms with Gasteiger partial charge in [-0.3, -0.25) is 9.98 Å². The molecule has 244 valence electrons. The number of aromatic hydroxyl groups is 2. The van der Waals surface area contributed by atoms with Crippen molar-refractivity contribution < 1.29 is 10.2 Å². The van der Waals surface area contributed by atoms with E-state index in [2.05, 4.69) is 107 Å². The van der Waals surface area contributed by atoms with Crippen LogP contribution < -0.4 is 0 Å². The van der Waals surface area contributed by atoms with Crippen LogP contribution in [0.1, 0.15) is 168 Å². The van der Waals surface area contributed by atoms with Gasteiger partial charge in [-0.25, -0.2) is 0 Å². The second-order valence-corrected chi connectivity index (χ2v) is 15.8. The van der Waals surface area contributed by atoms with Crippen LogP contribution in [0.25, 0.3) is 0 Å². The van der Waals surface area contributed by atoms with E-state index < -0.39 is 0 Å². The molecule has 1 fully saturated rings. The van der Waals surface area contributed by atoms with Crippen LogP contribution in [-0.4, -0.2) is 34.7 Å². The largest absolute Gasteiger partial charge is 0.507 e. The first-order valence-corrected chi connectivity index (χ1v) is 17.3. The van der Waals surface area contributed by atoms with Crippen LogP contribution >= 0.6 is 0 Å². The number of rotatable bonds is 12. The van der Waals surface area contributed by atoms with Crippen LogP contribution in [0.15, 0.2) is 34.3 Å². The lowest BCUT2D eigenvalue weighted by Gasteiger charge is -2.31. The smallest absolute Gasteiger partial charge is 0.128 e. The topological polar surface area (TPSA) is 65.2 Å². The minimum atomic E-state index is -0.141. The van der Waals surface area contributed by atoms with E-state index >= 15 is 0 Å². The predicted molar refractivity (Wildman–Crippen MR) is 191 cm³/mol. The van der Waals surface area contributed by atoms with Gasteiger partial charge in [-0.1, -0.05) is 108 Å². The van der Waals surface area contributed by atoms with Crippen LogP contribution in [0.4, 0.5) is 0 Å². The van der Waals surface area contributed by atoms with E-state index in [-0.39, 0.29) is 33.7 Å². The van der Waals surface area contributed by atoms with Crippen LogP contribution in [0, 0.1) is 0 Å². The standard InChI is InChI=1S/C40H62N2O2/c1-13-37(5,6)29-21-27(35(43)31(23-29)39(9,10)15-3)25-41-33-19-17-18-20-34(33)42-26-28-22-30(38(7,8)14-2)24-32(36(28)44)40(11,12)16-4/h21-26,33-34,43-44H,13-20H2,1-12H3/t33-,34-/m1/s1. The van der Waals surface area contributed by atoms with Gasteiger partial charge in [0.2, 0.25) is 0 Å². The summed E-state index contributed by atoms with van der Waals surface area (Å²) in [6.07, 6.45) is 11.9. The Bertz CT molecular complexity index is 1240. The summed E-state index contributed by atoms with van der Waals surface area (Å²) < 4.78 is 0. The Morgan fingerprint density at radius 2 is 0.886 bits per heavy atom. The number of hydrogen-bond donors (Lipinski definition) is 2. The number of phenols is 2. The van der Waals surface area contributed by atoms with E-state index in [1.165, 1.54) is 11.1 Å². The molecule has 2 aromatic rings. The van der Waals surface area contributed by atoms with Crippen molar-refractivity contribution in [2.75, 3.05) is 0 Å². The Morgan fingerprint density at radius 3 is 1.18 bits per heavy atom. The van der Waals surface area contributed by atoms with Crippen molar-refractivity contribution in [3.8, 4) is 11.5 Å². The summed E-state index contributed by atoms with van der Waals surface area (Å²) in [5.74, 6) is 0.692. The molecular formula is C40H62N2O2. The Kier molecular flexibility index (Phi) is 11.2. The van der Waals surface area contributed by atoms with Crippen molar-refractivity contribution in [2.45, 2.75) is 168 Å². The predicted octanol–water partition coefficient (Wildman–Crippen LogP) is 10.7. The highest BCUT2D eigenvalue weighted by Crippen LogP contribution is 2.41. The van der Waals surface area contributed by atoms with Crippen molar-refractivity contribution in [1.82, 2.24) is 0 Å². The van der Waals surface area contributed by atoms with Gasteiger partial charge >= 0.3 is 0 Å². The lowest BCUT2D eigenvalue weighted by atomic mass is 9.75. The summed E-state index contributed by atoms with van der Waals surface area (Å²) in [4.78, 5) is 10.2. The molecule has 1 aliphatic carbocycles. The molecule has 4 heteroatoms. The zero-order valence-corrected chi connectivity index (χ0v) is 30.1. The Labute approximate surface area is 269 Å². The lowest BCUT2D eigenvalue weighted by Crippen LogP contribution is -2.27. The van der Waals surface area contributed by atoms with Gasteiger partial charge in [0.25, 0.3) is 0 Å². The van der Waals surface area contributed by atoms with Crippen molar-refractivity contribution in [3.63, 3.8) is 0 Å². The molecule has 3 rings (SSSR count). The normalized spacial score (nSPS) is 18.9. The van der Waals surface area contributed by atoms with Crippen molar-refractivity contribution in [1.29, 1.82) is 0 Å². The molecule has 4 nitrogen and oxygen atoms in total.